The van der Waals surface area contributed by atoms with Crippen LogP contribution in [0.15, 0.2) is 48.5 Å². The third-order valence-electron chi connectivity index (χ3n) is 6.39. The van der Waals surface area contributed by atoms with Gasteiger partial charge in [0.15, 0.2) is 0 Å². The second kappa shape index (κ2) is 9.41. The molecule has 2 fully saturated rings. The van der Waals surface area contributed by atoms with E-state index < -0.39 is 0 Å². The number of rotatable bonds is 7. The van der Waals surface area contributed by atoms with Crippen LogP contribution in [-0.2, 0) is 9.59 Å². The van der Waals surface area contributed by atoms with Crippen molar-refractivity contribution in [2.45, 2.75) is 33.1 Å². The summed E-state index contributed by atoms with van der Waals surface area (Å²) >= 11 is 0. The highest BCUT2D eigenvalue weighted by Crippen LogP contribution is 2.29. The summed E-state index contributed by atoms with van der Waals surface area (Å²) in [5.41, 5.74) is 3.98. The summed E-state index contributed by atoms with van der Waals surface area (Å²) in [6.07, 6.45) is 2.72. The fraction of sp³-hybridized carbons (Fsp3) is 0.440. The molecule has 6 nitrogen and oxygen atoms in total. The second-order valence-electron chi connectivity index (χ2n) is 8.32. The molecule has 0 spiro atoms. The van der Waals surface area contributed by atoms with Gasteiger partial charge in [-0.15, -0.1) is 0 Å². The molecule has 0 bridgehead atoms. The average molecular weight is 421 g/mol. The van der Waals surface area contributed by atoms with Crippen molar-refractivity contribution in [1.82, 2.24) is 0 Å². The van der Waals surface area contributed by atoms with Crippen LogP contribution in [0.25, 0.3) is 0 Å². The average Bonchev–Trinajstić information content (AvgIpc) is 3.46. The summed E-state index contributed by atoms with van der Waals surface area (Å²) in [5, 5.41) is 2.98. The maximum absolute atomic E-state index is 12.8. The monoisotopic (exact) mass is 420 g/mol. The van der Waals surface area contributed by atoms with Gasteiger partial charge in [0, 0.05) is 61.9 Å². The van der Waals surface area contributed by atoms with Crippen LogP contribution in [0, 0.1) is 5.92 Å². The molecule has 1 N–H and O–H groups in total. The predicted molar refractivity (Wildman–Crippen MR) is 127 cm³/mol. The molecule has 0 radical (unpaired) electrons. The van der Waals surface area contributed by atoms with Crippen LogP contribution in [0.5, 0.6) is 0 Å². The first-order valence-electron chi connectivity index (χ1n) is 11.4. The standard InChI is InChI=1S/C25H32N4O2/c1-3-27(4-2)21-9-7-20(8-10-21)26-25(31)19-17-24(30)29(18-19)23-13-11-22(12-14-23)28-15-5-6-16-28/h7-14,19H,3-6,15-18H2,1-2H3,(H,26,31). The molecule has 1 atom stereocenters. The molecule has 2 amide bonds. The lowest BCUT2D eigenvalue weighted by Crippen LogP contribution is -2.28. The van der Waals surface area contributed by atoms with Gasteiger partial charge < -0.3 is 20.0 Å². The maximum atomic E-state index is 12.8. The normalized spacial score (nSPS) is 18.5. The third kappa shape index (κ3) is 4.68. The van der Waals surface area contributed by atoms with Crippen LogP contribution in [0.2, 0.25) is 0 Å². The molecule has 31 heavy (non-hydrogen) atoms. The van der Waals surface area contributed by atoms with Gasteiger partial charge in [-0.25, -0.2) is 0 Å². The summed E-state index contributed by atoms with van der Waals surface area (Å²) in [4.78, 5) is 31.8. The van der Waals surface area contributed by atoms with Gasteiger partial charge in [0.2, 0.25) is 11.8 Å². The van der Waals surface area contributed by atoms with Crippen LogP contribution in [-0.4, -0.2) is 44.5 Å². The van der Waals surface area contributed by atoms with E-state index in [4.69, 9.17) is 0 Å². The van der Waals surface area contributed by atoms with Gasteiger partial charge >= 0.3 is 0 Å². The number of nitrogens with one attached hydrogen (secondary N) is 1. The minimum absolute atomic E-state index is 0.00551. The van der Waals surface area contributed by atoms with Crippen molar-refractivity contribution in [3.8, 4) is 0 Å². The van der Waals surface area contributed by atoms with Gasteiger partial charge in [0.05, 0.1) is 5.92 Å². The van der Waals surface area contributed by atoms with E-state index in [1.807, 2.05) is 36.4 Å². The molecule has 0 aliphatic carbocycles. The van der Waals surface area contributed by atoms with Crippen molar-refractivity contribution in [2.75, 3.05) is 52.7 Å². The Kier molecular flexibility index (Phi) is 6.44. The van der Waals surface area contributed by atoms with Crippen molar-refractivity contribution in [3.63, 3.8) is 0 Å². The zero-order chi connectivity index (χ0) is 21.8. The number of hydrogen-bond donors (Lipinski definition) is 1. The molecule has 1 unspecified atom stereocenters. The van der Waals surface area contributed by atoms with Gasteiger partial charge in [0.25, 0.3) is 0 Å². The highest BCUT2D eigenvalue weighted by atomic mass is 16.2. The first-order valence-corrected chi connectivity index (χ1v) is 11.4. The molecular weight excluding hydrogens is 388 g/mol. The van der Waals surface area contributed by atoms with E-state index in [0.29, 0.717) is 6.54 Å². The summed E-state index contributed by atoms with van der Waals surface area (Å²) in [7, 11) is 0. The summed E-state index contributed by atoms with van der Waals surface area (Å²) in [6.45, 7) is 8.76. The van der Waals surface area contributed by atoms with Gasteiger partial charge in [0.1, 0.15) is 0 Å². The van der Waals surface area contributed by atoms with Gasteiger partial charge in [-0.1, -0.05) is 0 Å². The summed E-state index contributed by atoms with van der Waals surface area (Å²) < 4.78 is 0. The molecule has 2 saturated heterocycles. The molecule has 2 aliphatic rings. The number of carbonyl (C=O) groups is 2. The zero-order valence-electron chi connectivity index (χ0n) is 18.5. The fourth-order valence-corrected chi connectivity index (χ4v) is 4.54. The lowest BCUT2D eigenvalue weighted by Gasteiger charge is -2.21. The van der Waals surface area contributed by atoms with Gasteiger partial charge in [-0.3, -0.25) is 9.59 Å². The second-order valence-corrected chi connectivity index (χ2v) is 8.32. The van der Waals surface area contributed by atoms with Gasteiger partial charge in [-0.05, 0) is 75.2 Å². The van der Waals surface area contributed by atoms with Gasteiger partial charge in [-0.2, -0.15) is 0 Å². The fourth-order valence-electron chi connectivity index (χ4n) is 4.54. The van der Waals surface area contributed by atoms with Crippen molar-refractivity contribution in [1.29, 1.82) is 0 Å². The van der Waals surface area contributed by atoms with E-state index >= 15 is 0 Å². The van der Waals surface area contributed by atoms with E-state index in [-0.39, 0.29) is 24.2 Å². The molecule has 0 saturated carbocycles. The third-order valence-corrected chi connectivity index (χ3v) is 6.39. The quantitative estimate of drug-likeness (QED) is 0.732. The van der Waals surface area contributed by atoms with Crippen LogP contribution >= 0.6 is 0 Å². The van der Waals surface area contributed by atoms with E-state index in [2.05, 4.69) is 41.1 Å². The molecular formula is C25H32N4O2. The molecule has 2 aromatic carbocycles. The number of hydrogen-bond acceptors (Lipinski definition) is 4. The van der Waals surface area contributed by atoms with E-state index in [9.17, 15) is 9.59 Å². The molecule has 6 heteroatoms. The number of nitrogens with zero attached hydrogens (tertiary/aromatic N) is 3. The van der Waals surface area contributed by atoms with Crippen molar-refractivity contribution >= 4 is 34.6 Å². The Labute approximate surface area is 184 Å². The minimum atomic E-state index is -0.340. The summed E-state index contributed by atoms with van der Waals surface area (Å²) in [6, 6.07) is 16.1. The lowest BCUT2D eigenvalue weighted by molar-refractivity contribution is -0.122. The Hall–Kier alpha value is -3.02. The smallest absolute Gasteiger partial charge is 0.229 e. The largest absolute Gasteiger partial charge is 0.372 e. The maximum Gasteiger partial charge on any atom is 0.229 e. The Bertz CT molecular complexity index is 900. The molecule has 0 aromatic heterocycles. The highest BCUT2D eigenvalue weighted by Gasteiger charge is 2.35. The van der Waals surface area contributed by atoms with E-state index in [1.54, 1.807) is 4.90 Å². The van der Waals surface area contributed by atoms with Crippen molar-refractivity contribution in [3.05, 3.63) is 48.5 Å². The number of anilines is 4. The van der Waals surface area contributed by atoms with E-state index in [1.165, 1.54) is 18.5 Å². The zero-order valence-corrected chi connectivity index (χ0v) is 18.5. The Balaban J connectivity index is 1.36. The number of carbonyl (C=O) groups excluding carboxylic acids is 2. The molecule has 2 aliphatic heterocycles. The predicted octanol–water partition coefficient (Wildman–Crippen LogP) is 4.12. The Morgan fingerprint density at radius 2 is 1.58 bits per heavy atom. The SMILES string of the molecule is CCN(CC)c1ccc(NC(=O)C2CC(=O)N(c3ccc(N4CCCC4)cc3)C2)cc1. The number of benzene rings is 2. The highest BCUT2D eigenvalue weighted by molar-refractivity contribution is 6.03. The first kappa shape index (κ1) is 21.2. The minimum Gasteiger partial charge on any atom is -0.372 e. The summed E-state index contributed by atoms with van der Waals surface area (Å²) in [5.74, 6) is -0.431. The Morgan fingerprint density at radius 1 is 0.968 bits per heavy atom. The van der Waals surface area contributed by atoms with Crippen LogP contribution in [0.4, 0.5) is 22.7 Å². The molecule has 164 valence electrons. The molecule has 2 aromatic rings. The van der Waals surface area contributed by atoms with Crippen LogP contribution in [0.1, 0.15) is 33.1 Å². The molecule has 2 heterocycles. The lowest BCUT2D eigenvalue weighted by atomic mass is 10.1. The van der Waals surface area contributed by atoms with Crippen molar-refractivity contribution < 1.29 is 9.59 Å². The number of amides is 2. The van der Waals surface area contributed by atoms with Crippen molar-refractivity contribution in [2.24, 2.45) is 5.92 Å². The van der Waals surface area contributed by atoms with Crippen LogP contribution < -0.4 is 20.0 Å². The molecule has 4 rings (SSSR count). The Morgan fingerprint density at radius 3 is 2.19 bits per heavy atom. The topological polar surface area (TPSA) is 55.9 Å². The van der Waals surface area contributed by atoms with E-state index in [0.717, 1.165) is 43.2 Å². The first-order chi connectivity index (χ1) is 15.1. The van der Waals surface area contributed by atoms with Crippen LogP contribution in [0.3, 0.4) is 0 Å².